The fourth-order valence-corrected chi connectivity index (χ4v) is 3.14. The second-order valence-corrected chi connectivity index (χ2v) is 6.85. The number of nitrogens with zero attached hydrogens (tertiary/aromatic N) is 1. The SMILES string of the molecule is CC(=O)NC(CC(=O)Nc1ccc(N2CCNC2=O)cc1)c1ccc(C)cc1. The number of hydrogen-bond donors (Lipinski definition) is 3. The van der Waals surface area contributed by atoms with Crippen LogP contribution in [0.1, 0.15) is 30.5 Å². The first-order valence-electron chi connectivity index (χ1n) is 9.21. The Morgan fingerprint density at radius 1 is 1.11 bits per heavy atom. The summed E-state index contributed by atoms with van der Waals surface area (Å²) >= 11 is 0. The van der Waals surface area contributed by atoms with Gasteiger partial charge < -0.3 is 16.0 Å². The molecule has 0 spiro atoms. The number of hydrogen-bond acceptors (Lipinski definition) is 3. The smallest absolute Gasteiger partial charge is 0.321 e. The molecule has 1 unspecified atom stereocenters. The third kappa shape index (κ3) is 4.88. The highest BCUT2D eigenvalue weighted by Gasteiger charge is 2.21. The van der Waals surface area contributed by atoms with Crippen molar-refractivity contribution in [2.45, 2.75) is 26.3 Å². The van der Waals surface area contributed by atoms with Crippen LogP contribution in [0, 0.1) is 6.92 Å². The van der Waals surface area contributed by atoms with Gasteiger partial charge in [-0.2, -0.15) is 0 Å². The third-order valence-electron chi connectivity index (χ3n) is 4.57. The molecular weight excluding hydrogens is 356 g/mol. The van der Waals surface area contributed by atoms with Gasteiger partial charge in [-0.15, -0.1) is 0 Å². The molecule has 0 saturated carbocycles. The van der Waals surface area contributed by atoms with Crippen molar-refractivity contribution in [2.75, 3.05) is 23.3 Å². The number of rotatable bonds is 6. The topological polar surface area (TPSA) is 90.5 Å². The second kappa shape index (κ2) is 8.56. The van der Waals surface area contributed by atoms with Crippen LogP contribution in [0.3, 0.4) is 0 Å². The zero-order valence-corrected chi connectivity index (χ0v) is 16.0. The Labute approximate surface area is 164 Å². The van der Waals surface area contributed by atoms with Gasteiger partial charge in [0.25, 0.3) is 0 Å². The summed E-state index contributed by atoms with van der Waals surface area (Å²) in [6.07, 6.45) is 0.124. The summed E-state index contributed by atoms with van der Waals surface area (Å²) in [6.45, 7) is 4.67. The molecule has 0 radical (unpaired) electrons. The zero-order valence-electron chi connectivity index (χ0n) is 16.0. The van der Waals surface area contributed by atoms with E-state index < -0.39 is 6.04 Å². The van der Waals surface area contributed by atoms with E-state index in [0.717, 1.165) is 16.8 Å². The molecule has 2 aromatic rings. The maximum Gasteiger partial charge on any atom is 0.321 e. The van der Waals surface area contributed by atoms with Crippen molar-refractivity contribution in [1.29, 1.82) is 0 Å². The van der Waals surface area contributed by atoms with Crippen LogP contribution in [-0.2, 0) is 9.59 Å². The summed E-state index contributed by atoms with van der Waals surface area (Å²) in [7, 11) is 0. The van der Waals surface area contributed by atoms with Crippen molar-refractivity contribution in [3.63, 3.8) is 0 Å². The number of benzene rings is 2. The molecule has 146 valence electrons. The van der Waals surface area contributed by atoms with Crippen molar-refractivity contribution in [3.05, 3.63) is 59.7 Å². The second-order valence-electron chi connectivity index (χ2n) is 6.85. The van der Waals surface area contributed by atoms with Crippen LogP contribution in [-0.4, -0.2) is 30.9 Å². The number of nitrogens with one attached hydrogen (secondary N) is 3. The van der Waals surface area contributed by atoms with Gasteiger partial charge in [-0.3, -0.25) is 14.5 Å². The van der Waals surface area contributed by atoms with E-state index in [4.69, 9.17) is 0 Å². The van der Waals surface area contributed by atoms with Crippen molar-refractivity contribution in [1.82, 2.24) is 10.6 Å². The first-order chi connectivity index (χ1) is 13.4. The lowest BCUT2D eigenvalue weighted by atomic mass is 10.0. The molecule has 0 bridgehead atoms. The zero-order chi connectivity index (χ0) is 20.1. The van der Waals surface area contributed by atoms with Gasteiger partial charge in [0.15, 0.2) is 0 Å². The summed E-state index contributed by atoms with van der Waals surface area (Å²) < 4.78 is 0. The molecule has 1 saturated heterocycles. The van der Waals surface area contributed by atoms with Crippen LogP contribution in [0.5, 0.6) is 0 Å². The number of amides is 4. The van der Waals surface area contributed by atoms with Gasteiger partial charge in [-0.05, 0) is 36.8 Å². The highest BCUT2D eigenvalue weighted by molar-refractivity contribution is 5.95. The van der Waals surface area contributed by atoms with E-state index in [9.17, 15) is 14.4 Å². The fraction of sp³-hybridized carbons (Fsp3) is 0.286. The van der Waals surface area contributed by atoms with Gasteiger partial charge >= 0.3 is 6.03 Å². The summed E-state index contributed by atoms with van der Waals surface area (Å²) in [5.74, 6) is -0.391. The first kappa shape index (κ1) is 19.4. The molecule has 1 heterocycles. The normalized spacial score (nSPS) is 14.4. The lowest BCUT2D eigenvalue weighted by molar-refractivity contribution is -0.120. The quantitative estimate of drug-likeness (QED) is 0.720. The number of carbonyl (C=O) groups excluding carboxylic acids is 3. The van der Waals surface area contributed by atoms with Crippen LogP contribution in [0.4, 0.5) is 16.2 Å². The van der Waals surface area contributed by atoms with E-state index in [2.05, 4.69) is 16.0 Å². The minimum Gasteiger partial charge on any atom is -0.349 e. The highest BCUT2D eigenvalue weighted by Crippen LogP contribution is 2.21. The Bertz CT molecular complexity index is 862. The Balaban J connectivity index is 1.64. The third-order valence-corrected chi connectivity index (χ3v) is 4.57. The molecule has 3 rings (SSSR count). The van der Waals surface area contributed by atoms with E-state index in [-0.39, 0.29) is 24.3 Å². The largest absolute Gasteiger partial charge is 0.349 e. The number of anilines is 2. The Kier molecular flexibility index (Phi) is 5.93. The number of carbonyl (C=O) groups is 3. The Morgan fingerprint density at radius 2 is 1.79 bits per heavy atom. The number of urea groups is 1. The van der Waals surface area contributed by atoms with E-state index >= 15 is 0 Å². The van der Waals surface area contributed by atoms with Crippen LogP contribution < -0.4 is 20.9 Å². The van der Waals surface area contributed by atoms with Gasteiger partial charge in [0, 0.05) is 31.4 Å². The molecule has 7 nitrogen and oxygen atoms in total. The highest BCUT2D eigenvalue weighted by atomic mass is 16.2. The molecule has 1 aliphatic heterocycles. The van der Waals surface area contributed by atoms with Crippen LogP contribution in [0.25, 0.3) is 0 Å². The van der Waals surface area contributed by atoms with E-state index in [0.29, 0.717) is 18.8 Å². The molecule has 7 heteroatoms. The van der Waals surface area contributed by atoms with Crippen LogP contribution in [0.15, 0.2) is 48.5 Å². The standard InChI is InChI=1S/C21H24N4O3/c1-14-3-5-16(6-4-14)19(23-15(2)26)13-20(27)24-17-7-9-18(10-8-17)25-12-11-22-21(25)28/h3-10,19H,11-13H2,1-2H3,(H,22,28)(H,23,26)(H,24,27). The Hall–Kier alpha value is -3.35. The molecule has 0 aromatic heterocycles. The van der Waals surface area contributed by atoms with Gasteiger partial charge in [0.2, 0.25) is 11.8 Å². The lowest BCUT2D eigenvalue weighted by Gasteiger charge is -2.19. The van der Waals surface area contributed by atoms with Gasteiger partial charge in [-0.1, -0.05) is 29.8 Å². The molecular formula is C21H24N4O3. The average molecular weight is 380 g/mol. The molecule has 4 amide bonds. The predicted octanol–water partition coefficient (Wildman–Crippen LogP) is 2.73. The fourth-order valence-electron chi connectivity index (χ4n) is 3.14. The summed E-state index contributed by atoms with van der Waals surface area (Å²) in [4.78, 5) is 37.4. The summed E-state index contributed by atoms with van der Waals surface area (Å²) in [5.41, 5.74) is 3.41. The molecule has 0 aliphatic carbocycles. The summed E-state index contributed by atoms with van der Waals surface area (Å²) in [6, 6.07) is 14.3. The average Bonchev–Trinajstić information content (AvgIpc) is 3.08. The van der Waals surface area contributed by atoms with E-state index in [1.54, 1.807) is 29.2 Å². The predicted molar refractivity (Wildman–Crippen MR) is 108 cm³/mol. The molecule has 1 aliphatic rings. The minimum atomic E-state index is -0.398. The number of aryl methyl sites for hydroxylation is 1. The maximum atomic E-state index is 12.5. The van der Waals surface area contributed by atoms with Gasteiger partial charge in [0.05, 0.1) is 12.5 Å². The molecule has 28 heavy (non-hydrogen) atoms. The van der Waals surface area contributed by atoms with Crippen molar-refractivity contribution < 1.29 is 14.4 Å². The van der Waals surface area contributed by atoms with Gasteiger partial charge in [-0.25, -0.2) is 4.79 Å². The van der Waals surface area contributed by atoms with Crippen LogP contribution in [0.2, 0.25) is 0 Å². The summed E-state index contributed by atoms with van der Waals surface area (Å²) in [5, 5.41) is 8.43. The van der Waals surface area contributed by atoms with E-state index in [1.165, 1.54) is 6.92 Å². The first-order valence-corrected chi connectivity index (χ1v) is 9.21. The van der Waals surface area contributed by atoms with Crippen molar-refractivity contribution in [2.24, 2.45) is 0 Å². The molecule has 1 atom stereocenters. The van der Waals surface area contributed by atoms with Crippen LogP contribution >= 0.6 is 0 Å². The monoisotopic (exact) mass is 380 g/mol. The van der Waals surface area contributed by atoms with Crippen molar-refractivity contribution >= 4 is 29.2 Å². The molecule has 1 fully saturated rings. The maximum absolute atomic E-state index is 12.5. The van der Waals surface area contributed by atoms with E-state index in [1.807, 2.05) is 31.2 Å². The van der Waals surface area contributed by atoms with Crippen molar-refractivity contribution in [3.8, 4) is 0 Å². The molecule has 3 N–H and O–H groups in total. The minimum absolute atomic E-state index is 0.118. The molecule has 2 aromatic carbocycles. The lowest BCUT2D eigenvalue weighted by Crippen LogP contribution is -2.29. The Morgan fingerprint density at radius 3 is 2.36 bits per heavy atom. The van der Waals surface area contributed by atoms with Gasteiger partial charge in [0.1, 0.15) is 0 Å².